The minimum atomic E-state index is -0.801. The van der Waals surface area contributed by atoms with E-state index in [4.69, 9.17) is 5.11 Å². The van der Waals surface area contributed by atoms with Gasteiger partial charge in [0.05, 0.1) is 12.2 Å². The van der Waals surface area contributed by atoms with Gasteiger partial charge < -0.3 is 15.3 Å². The molecule has 0 bridgehead atoms. The van der Waals surface area contributed by atoms with Gasteiger partial charge in [-0.2, -0.15) is 0 Å². The van der Waals surface area contributed by atoms with Crippen LogP contribution in [0, 0.1) is 11.8 Å². The molecule has 26 heavy (non-hydrogen) atoms. The molecule has 0 heterocycles. The fourth-order valence-corrected chi connectivity index (χ4v) is 3.22. The van der Waals surface area contributed by atoms with Gasteiger partial charge in [-0.1, -0.05) is 50.5 Å². The fourth-order valence-electron chi connectivity index (χ4n) is 3.22. The molecule has 1 fully saturated rings. The molecule has 143 valence electrons. The number of aliphatic carboxylic acids is 1. The molecule has 0 unspecified atom stereocenters. The molecule has 3 N–H and O–H groups in total. The van der Waals surface area contributed by atoms with Gasteiger partial charge in [-0.3, -0.25) is 9.59 Å². The van der Waals surface area contributed by atoms with Crippen molar-refractivity contribution in [2.45, 2.75) is 76.9 Å². The average Bonchev–Trinajstić information content (AvgIpc) is 2.82. The third-order valence-corrected chi connectivity index (χ3v) is 4.71. The summed E-state index contributed by atoms with van der Waals surface area (Å²) in [6.07, 6.45) is 12.1. The molecule has 1 aliphatic rings. The van der Waals surface area contributed by atoms with E-state index in [0.29, 0.717) is 25.7 Å². The number of unbranched alkanes of at least 4 members (excludes halogenated alkanes) is 3. The van der Waals surface area contributed by atoms with Gasteiger partial charge in [-0.05, 0) is 25.7 Å². The number of aliphatic hydroxyl groups excluding tert-OH is 2. The van der Waals surface area contributed by atoms with Gasteiger partial charge in [0.2, 0.25) is 0 Å². The molecule has 0 spiro atoms. The first-order valence-electron chi connectivity index (χ1n) is 9.39. The predicted molar refractivity (Wildman–Crippen MR) is 103 cm³/mol. The van der Waals surface area contributed by atoms with Gasteiger partial charge in [0.25, 0.3) is 0 Å². The van der Waals surface area contributed by atoms with Crippen molar-refractivity contribution in [2.24, 2.45) is 11.8 Å². The Morgan fingerprint density at radius 2 is 2.00 bits per heavy atom. The van der Waals surface area contributed by atoms with Crippen LogP contribution in [-0.4, -0.2) is 68.8 Å². The normalized spacial score (nSPS) is 24.3. The molecule has 5 nitrogen and oxygen atoms in total. The second kappa shape index (κ2) is 14.6. The SMILES string of the molecule is CCCCC[C@H](O)/C=C/[C@H]1[C@H](O)CC(=O)[C@@H]1C/C=C\CCCC(=O)O.[Na]. The third kappa shape index (κ3) is 10.0. The number of Topliss-reactive ketones (excluding diaryl/α,β-unsaturated/α-hetero) is 1. The van der Waals surface area contributed by atoms with Crippen molar-refractivity contribution in [3.05, 3.63) is 24.3 Å². The Bertz CT molecular complexity index is 475. The number of ketones is 1. The molecule has 0 aromatic heterocycles. The zero-order valence-corrected chi connectivity index (χ0v) is 18.1. The van der Waals surface area contributed by atoms with E-state index in [1.807, 2.05) is 12.2 Å². The summed E-state index contributed by atoms with van der Waals surface area (Å²) in [5, 5.41) is 28.7. The van der Waals surface area contributed by atoms with E-state index < -0.39 is 18.2 Å². The van der Waals surface area contributed by atoms with E-state index in [1.54, 1.807) is 12.2 Å². The Morgan fingerprint density at radius 3 is 2.65 bits per heavy atom. The number of hydrogen-bond acceptors (Lipinski definition) is 4. The summed E-state index contributed by atoms with van der Waals surface area (Å²) in [7, 11) is 0. The second-order valence-corrected chi connectivity index (χ2v) is 6.86. The maximum atomic E-state index is 12.1. The number of aliphatic hydroxyl groups is 2. The summed E-state index contributed by atoms with van der Waals surface area (Å²) in [4.78, 5) is 22.5. The molecule has 0 aromatic carbocycles. The van der Waals surface area contributed by atoms with Crippen molar-refractivity contribution in [3.63, 3.8) is 0 Å². The van der Waals surface area contributed by atoms with Gasteiger partial charge in [-0.25, -0.2) is 0 Å². The molecule has 0 aromatic rings. The smallest absolute Gasteiger partial charge is 0.303 e. The predicted octanol–water partition coefficient (Wildman–Crippen LogP) is 2.87. The number of carboxylic acids is 1. The summed E-state index contributed by atoms with van der Waals surface area (Å²) in [6.45, 7) is 2.11. The van der Waals surface area contributed by atoms with Crippen molar-refractivity contribution < 1.29 is 24.9 Å². The molecule has 0 amide bonds. The quantitative estimate of drug-likeness (QED) is 0.277. The first-order chi connectivity index (χ1) is 12.0. The van der Waals surface area contributed by atoms with Crippen LogP contribution in [0.15, 0.2) is 24.3 Å². The van der Waals surface area contributed by atoms with Crippen LogP contribution in [-0.2, 0) is 9.59 Å². The largest absolute Gasteiger partial charge is 0.481 e. The monoisotopic (exact) mass is 375 g/mol. The number of rotatable bonds is 12. The van der Waals surface area contributed by atoms with Gasteiger partial charge >= 0.3 is 5.97 Å². The Hall–Kier alpha value is -0.460. The Kier molecular flexibility index (Phi) is 14.3. The first-order valence-corrected chi connectivity index (χ1v) is 9.39. The van der Waals surface area contributed by atoms with Gasteiger partial charge in [0.1, 0.15) is 5.78 Å². The van der Waals surface area contributed by atoms with Crippen molar-refractivity contribution in [2.75, 3.05) is 0 Å². The van der Waals surface area contributed by atoms with E-state index in [2.05, 4.69) is 6.92 Å². The molecule has 1 rings (SSSR count). The van der Waals surface area contributed by atoms with Crippen LogP contribution in [0.3, 0.4) is 0 Å². The third-order valence-electron chi connectivity index (χ3n) is 4.71. The Balaban J connectivity index is 0.00000625. The molecule has 4 atom stereocenters. The van der Waals surface area contributed by atoms with Crippen LogP contribution >= 0.6 is 0 Å². The minimum absolute atomic E-state index is 0. The maximum absolute atomic E-state index is 12.1. The summed E-state index contributed by atoms with van der Waals surface area (Å²) in [5.41, 5.74) is 0. The van der Waals surface area contributed by atoms with E-state index in [-0.39, 0.29) is 60.0 Å². The maximum Gasteiger partial charge on any atom is 0.303 e. The standard InChI is InChI=1S/C20H32O5.Na/c1-2-3-6-9-15(21)12-13-17-16(18(22)14-19(17)23)10-7-4-5-8-11-20(24)25;/h4,7,12-13,15-17,19,21,23H,2-3,5-6,8-11,14H2,1H3,(H,24,25);/b7-4-,13-12+;/t15-,16+,17+,19+;/m0./s1. The first kappa shape index (κ1) is 25.5. The van der Waals surface area contributed by atoms with E-state index in [1.165, 1.54) is 0 Å². The zero-order valence-electron chi connectivity index (χ0n) is 16.1. The summed E-state index contributed by atoms with van der Waals surface area (Å²) >= 11 is 0. The molecular weight excluding hydrogens is 343 g/mol. The van der Waals surface area contributed by atoms with Crippen LogP contribution in [0.5, 0.6) is 0 Å². The number of carboxylic acid groups (broad SMARTS) is 1. The van der Waals surface area contributed by atoms with Crippen LogP contribution in [0.1, 0.15) is 64.7 Å². The van der Waals surface area contributed by atoms with E-state index >= 15 is 0 Å². The Labute approximate surface area is 178 Å². The molecular formula is C20H32NaO5. The molecule has 1 aliphatic carbocycles. The molecule has 6 heteroatoms. The summed E-state index contributed by atoms with van der Waals surface area (Å²) < 4.78 is 0. The van der Waals surface area contributed by atoms with Crippen LogP contribution in [0.2, 0.25) is 0 Å². The Morgan fingerprint density at radius 1 is 1.27 bits per heavy atom. The van der Waals surface area contributed by atoms with Gasteiger partial charge in [-0.15, -0.1) is 0 Å². The van der Waals surface area contributed by atoms with E-state index in [9.17, 15) is 19.8 Å². The molecule has 0 saturated heterocycles. The zero-order chi connectivity index (χ0) is 18.7. The number of hydrogen-bond donors (Lipinski definition) is 3. The van der Waals surface area contributed by atoms with E-state index in [0.717, 1.165) is 19.3 Å². The van der Waals surface area contributed by atoms with Gasteiger partial charge in [0.15, 0.2) is 0 Å². The number of carbonyl (C=O) groups is 2. The number of carbonyl (C=O) groups excluding carboxylic acids is 1. The van der Waals surface area contributed by atoms with Crippen LogP contribution < -0.4 is 0 Å². The molecule has 0 aliphatic heterocycles. The number of allylic oxidation sites excluding steroid dienone is 2. The van der Waals surface area contributed by atoms with Gasteiger partial charge in [0, 0.05) is 54.2 Å². The summed E-state index contributed by atoms with van der Waals surface area (Å²) in [5.74, 6) is -1.26. The fraction of sp³-hybridized carbons (Fsp3) is 0.700. The average molecular weight is 375 g/mol. The van der Waals surface area contributed by atoms with Crippen molar-refractivity contribution >= 4 is 41.3 Å². The topological polar surface area (TPSA) is 94.8 Å². The second-order valence-electron chi connectivity index (χ2n) is 6.86. The van der Waals surface area contributed by atoms with Crippen LogP contribution in [0.4, 0.5) is 0 Å². The molecule has 1 saturated carbocycles. The molecule has 1 radical (unpaired) electrons. The van der Waals surface area contributed by atoms with Crippen LogP contribution in [0.25, 0.3) is 0 Å². The van der Waals surface area contributed by atoms with Crippen molar-refractivity contribution in [1.82, 2.24) is 0 Å². The minimum Gasteiger partial charge on any atom is -0.481 e. The summed E-state index contributed by atoms with van der Waals surface area (Å²) in [6, 6.07) is 0. The van der Waals surface area contributed by atoms with Crippen molar-refractivity contribution in [3.8, 4) is 0 Å². The van der Waals surface area contributed by atoms with Crippen molar-refractivity contribution in [1.29, 1.82) is 0 Å².